The van der Waals surface area contributed by atoms with E-state index < -0.39 is 5.91 Å². The van der Waals surface area contributed by atoms with Gasteiger partial charge in [0.1, 0.15) is 5.75 Å². The zero-order valence-corrected chi connectivity index (χ0v) is 14.3. The van der Waals surface area contributed by atoms with E-state index in [2.05, 4.69) is 29.8 Å². The summed E-state index contributed by atoms with van der Waals surface area (Å²) in [4.78, 5) is 17.7. The van der Waals surface area contributed by atoms with Crippen molar-refractivity contribution in [2.45, 2.75) is 26.8 Å². The lowest BCUT2D eigenvalue weighted by Crippen LogP contribution is -2.29. The Balaban J connectivity index is 2.05. The molecule has 0 aliphatic carbocycles. The Morgan fingerprint density at radius 3 is 2.67 bits per heavy atom. The van der Waals surface area contributed by atoms with Gasteiger partial charge in [-0.15, -0.1) is 0 Å². The summed E-state index contributed by atoms with van der Waals surface area (Å²) in [6.07, 6.45) is 4.59. The van der Waals surface area contributed by atoms with Crippen LogP contribution in [-0.4, -0.2) is 34.0 Å². The van der Waals surface area contributed by atoms with Crippen molar-refractivity contribution in [1.29, 1.82) is 0 Å². The summed E-state index contributed by atoms with van der Waals surface area (Å²) < 4.78 is 0. The van der Waals surface area contributed by atoms with E-state index in [1.165, 1.54) is 5.56 Å². The molecular weight excluding hydrogens is 302 g/mol. The van der Waals surface area contributed by atoms with E-state index in [1.54, 1.807) is 18.3 Å². The molecule has 0 saturated carbocycles. The summed E-state index contributed by atoms with van der Waals surface area (Å²) in [6, 6.07) is 9.08. The molecule has 5 nitrogen and oxygen atoms in total. The first-order chi connectivity index (χ1) is 11.5. The first-order valence-corrected chi connectivity index (χ1v) is 8.18. The Morgan fingerprint density at radius 1 is 1.29 bits per heavy atom. The number of rotatable bonds is 8. The fourth-order valence-corrected chi connectivity index (χ4v) is 2.73. The maximum atomic E-state index is 11.2. The van der Waals surface area contributed by atoms with Gasteiger partial charge in [-0.2, -0.15) is 0 Å². The lowest BCUT2D eigenvalue weighted by atomic mass is 10.1. The number of hydrogen-bond donors (Lipinski definition) is 2. The van der Waals surface area contributed by atoms with Crippen molar-refractivity contribution in [3.05, 3.63) is 59.4 Å². The molecule has 2 rings (SSSR count). The van der Waals surface area contributed by atoms with Crippen LogP contribution >= 0.6 is 0 Å². The molecule has 0 spiro atoms. The molecule has 3 N–H and O–H groups in total. The number of aromatic hydroxyl groups is 1. The first kappa shape index (κ1) is 17.9. The number of carbonyl (C=O) groups is 1. The average Bonchev–Trinajstić information content (AvgIpc) is 2.53. The Hall–Kier alpha value is -2.40. The van der Waals surface area contributed by atoms with Gasteiger partial charge in [-0.3, -0.25) is 14.7 Å². The molecular formula is C19H25N3O2. The van der Waals surface area contributed by atoms with Gasteiger partial charge in [-0.05, 0) is 41.7 Å². The number of pyridine rings is 1. The SMILES string of the molecule is CC(C)CN(CCc1cccnc1)Cc1ccc(C(N)=O)c(O)c1. The van der Waals surface area contributed by atoms with Gasteiger partial charge in [0.05, 0.1) is 5.56 Å². The molecule has 1 heterocycles. The zero-order chi connectivity index (χ0) is 17.5. The third kappa shape index (κ3) is 5.35. The average molecular weight is 327 g/mol. The van der Waals surface area contributed by atoms with E-state index in [1.807, 2.05) is 18.3 Å². The minimum absolute atomic E-state index is 0.0586. The summed E-state index contributed by atoms with van der Waals surface area (Å²) in [6.45, 7) is 6.95. The molecule has 5 heteroatoms. The molecule has 0 aliphatic rings. The Morgan fingerprint density at radius 2 is 2.08 bits per heavy atom. The van der Waals surface area contributed by atoms with Crippen molar-refractivity contribution in [2.75, 3.05) is 13.1 Å². The van der Waals surface area contributed by atoms with E-state index in [9.17, 15) is 9.90 Å². The second-order valence-corrected chi connectivity index (χ2v) is 6.46. The topological polar surface area (TPSA) is 79.5 Å². The van der Waals surface area contributed by atoms with E-state index >= 15 is 0 Å². The van der Waals surface area contributed by atoms with Gasteiger partial charge in [0, 0.05) is 32.0 Å². The van der Waals surface area contributed by atoms with Crippen molar-refractivity contribution in [1.82, 2.24) is 9.88 Å². The van der Waals surface area contributed by atoms with Gasteiger partial charge in [-0.1, -0.05) is 26.0 Å². The summed E-state index contributed by atoms with van der Waals surface area (Å²) in [5.41, 5.74) is 7.55. The fraction of sp³-hybridized carbons (Fsp3) is 0.368. The predicted octanol–water partition coefficient (Wildman–Crippen LogP) is 2.59. The largest absolute Gasteiger partial charge is 0.507 e. The zero-order valence-electron chi connectivity index (χ0n) is 14.3. The molecule has 0 radical (unpaired) electrons. The van der Waals surface area contributed by atoms with Crippen LogP contribution in [0.2, 0.25) is 0 Å². The number of phenols is 1. The monoisotopic (exact) mass is 327 g/mol. The van der Waals surface area contributed by atoms with Crippen molar-refractivity contribution in [3.63, 3.8) is 0 Å². The Labute approximate surface area is 143 Å². The molecule has 0 bridgehead atoms. The highest BCUT2D eigenvalue weighted by Crippen LogP contribution is 2.20. The number of primary amides is 1. The van der Waals surface area contributed by atoms with Gasteiger partial charge in [0.25, 0.3) is 5.91 Å². The molecule has 128 valence electrons. The van der Waals surface area contributed by atoms with Crippen molar-refractivity contribution in [2.24, 2.45) is 11.7 Å². The highest BCUT2D eigenvalue weighted by Gasteiger charge is 2.12. The van der Waals surface area contributed by atoms with E-state index in [4.69, 9.17) is 5.73 Å². The summed E-state index contributed by atoms with van der Waals surface area (Å²) >= 11 is 0. The van der Waals surface area contributed by atoms with Crippen LogP contribution in [-0.2, 0) is 13.0 Å². The van der Waals surface area contributed by atoms with Crippen molar-refractivity contribution < 1.29 is 9.90 Å². The van der Waals surface area contributed by atoms with Gasteiger partial charge in [0.15, 0.2) is 0 Å². The van der Waals surface area contributed by atoms with Gasteiger partial charge < -0.3 is 10.8 Å². The third-order valence-electron chi connectivity index (χ3n) is 3.80. The molecule has 0 aliphatic heterocycles. The van der Waals surface area contributed by atoms with Gasteiger partial charge in [-0.25, -0.2) is 0 Å². The van der Waals surface area contributed by atoms with Crippen LogP contribution in [0.15, 0.2) is 42.7 Å². The lowest BCUT2D eigenvalue weighted by Gasteiger charge is -2.24. The number of nitrogens with zero attached hydrogens (tertiary/aromatic N) is 2. The van der Waals surface area contributed by atoms with Crippen LogP contribution in [0.3, 0.4) is 0 Å². The maximum Gasteiger partial charge on any atom is 0.252 e. The summed E-state index contributed by atoms with van der Waals surface area (Å²) in [5, 5.41) is 9.94. The fourth-order valence-electron chi connectivity index (χ4n) is 2.73. The molecule has 1 amide bonds. The lowest BCUT2D eigenvalue weighted by molar-refractivity contribution is 0.0997. The highest BCUT2D eigenvalue weighted by molar-refractivity contribution is 5.95. The first-order valence-electron chi connectivity index (χ1n) is 8.18. The second-order valence-electron chi connectivity index (χ2n) is 6.46. The van der Waals surface area contributed by atoms with Crippen LogP contribution in [0.5, 0.6) is 5.75 Å². The second kappa shape index (κ2) is 8.45. The third-order valence-corrected chi connectivity index (χ3v) is 3.80. The van der Waals surface area contributed by atoms with E-state index in [0.29, 0.717) is 12.5 Å². The van der Waals surface area contributed by atoms with Gasteiger partial charge >= 0.3 is 0 Å². The molecule has 0 atom stereocenters. The van der Waals surface area contributed by atoms with Crippen LogP contribution in [0.1, 0.15) is 35.3 Å². The van der Waals surface area contributed by atoms with E-state index in [-0.39, 0.29) is 11.3 Å². The number of nitrogens with two attached hydrogens (primary N) is 1. The molecule has 0 fully saturated rings. The Bertz CT molecular complexity index is 672. The number of benzene rings is 1. The normalized spacial score (nSPS) is 11.2. The minimum atomic E-state index is -0.616. The van der Waals surface area contributed by atoms with Crippen LogP contribution in [0, 0.1) is 5.92 Å². The summed E-state index contributed by atoms with van der Waals surface area (Å²) in [7, 11) is 0. The van der Waals surface area contributed by atoms with Crippen molar-refractivity contribution >= 4 is 5.91 Å². The predicted molar refractivity (Wildman–Crippen MR) is 94.7 cm³/mol. The number of aromatic nitrogens is 1. The molecule has 24 heavy (non-hydrogen) atoms. The minimum Gasteiger partial charge on any atom is -0.507 e. The number of carbonyl (C=O) groups excluding carboxylic acids is 1. The molecule has 0 unspecified atom stereocenters. The Kier molecular flexibility index (Phi) is 6.32. The van der Waals surface area contributed by atoms with Crippen LogP contribution in [0.25, 0.3) is 0 Å². The maximum absolute atomic E-state index is 11.2. The van der Waals surface area contributed by atoms with E-state index in [0.717, 1.165) is 25.1 Å². The molecule has 2 aromatic rings. The number of amides is 1. The molecule has 1 aromatic heterocycles. The molecule has 0 saturated heterocycles. The summed E-state index contributed by atoms with van der Waals surface area (Å²) in [5.74, 6) is -0.135. The smallest absolute Gasteiger partial charge is 0.252 e. The highest BCUT2D eigenvalue weighted by atomic mass is 16.3. The quantitative estimate of drug-likeness (QED) is 0.781. The standard InChI is InChI=1S/C19H25N3O2/c1-14(2)12-22(9-7-15-4-3-8-21-11-15)13-16-5-6-17(19(20)24)18(23)10-16/h3-6,8,10-11,14,23H,7,9,12-13H2,1-2H3,(H2,20,24). The van der Waals surface area contributed by atoms with Crippen LogP contribution in [0.4, 0.5) is 0 Å². The number of hydrogen-bond acceptors (Lipinski definition) is 4. The van der Waals surface area contributed by atoms with Crippen molar-refractivity contribution in [3.8, 4) is 5.75 Å². The van der Waals surface area contributed by atoms with Crippen LogP contribution < -0.4 is 5.73 Å². The molecule has 1 aromatic carbocycles. The van der Waals surface area contributed by atoms with Gasteiger partial charge in [0.2, 0.25) is 0 Å².